The highest BCUT2D eigenvalue weighted by atomic mass is 19.4. The van der Waals surface area contributed by atoms with E-state index in [1.54, 1.807) is 0 Å². The summed E-state index contributed by atoms with van der Waals surface area (Å²) in [6.07, 6.45) is -4.60. The molecule has 3 rings (SSSR count). The van der Waals surface area contributed by atoms with Crippen molar-refractivity contribution in [2.75, 3.05) is 31.5 Å². The summed E-state index contributed by atoms with van der Waals surface area (Å²) >= 11 is 0. The summed E-state index contributed by atoms with van der Waals surface area (Å²) in [5.74, 6) is -0.625. The average molecular weight is 356 g/mol. The van der Waals surface area contributed by atoms with E-state index < -0.39 is 23.8 Å². The minimum absolute atomic E-state index is 0.0718. The van der Waals surface area contributed by atoms with Crippen LogP contribution in [-0.2, 0) is 15.8 Å². The van der Waals surface area contributed by atoms with Gasteiger partial charge in [-0.2, -0.15) is 13.2 Å². The van der Waals surface area contributed by atoms with E-state index in [1.807, 2.05) is 0 Å². The molecule has 1 atom stereocenters. The lowest BCUT2D eigenvalue weighted by atomic mass is 10.1. The normalized spacial score (nSPS) is 20.8. The molecule has 1 aromatic carbocycles. The van der Waals surface area contributed by atoms with Gasteiger partial charge in [0.25, 0.3) is 0 Å². The van der Waals surface area contributed by atoms with Gasteiger partial charge >= 0.3 is 12.2 Å². The van der Waals surface area contributed by atoms with Gasteiger partial charge in [0.15, 0.2) is 0 Å². The van der Waals surface area contributed by atoms with E-state index in [0.717, 1.165) is 12.1 Å². The summed E-state index contributed by atoms with van der Waals surface area (Å²) in [7, 11) is 0. The minimum Gasteiger partial charge on any atom is -0.345 e. The Labute approximate surface area is 140 Å². The third kappa shape index (κ3) is 3.37. The number of piperazine rings is 2. The molecule has 2 saturated heterocycles. The van der Waals surface area contributed by atoms with Crippen LogP contribution in [0.2, 0.25) is 0 Å². The second-order valence-corrected chi connectivity index (χ2v) is 5.74. The zero-order valence-corrected chi connectivity index (χ0v) is 13.0. The molecule has 4 amide bonds. The molecule has 2 aliphatic heterocycles. The van der Waals surface area contributed by atoms with Gasteiger partial charge in [0.05, 0.1) is 24.3 Å². The van der Waals surface area contributed by atoms with Gasteiger partial charge in [-0.3, -0.25) is 9.59 Å². The summed E-state index contributed by atoms with van der Waals surface area (Å²) in [6, 6.07) is 3.08. The predicted octanol–water partition coefficient (Wildman–Crippen LogP) is 0.880. The van der Waals surface area contributed by atoms with Crippen molar-refractivity contribution < 1.29 is 27.6 Å². The van der Waals surface area contributed by atoms with Gasteiger partial charge in [-0.15, -0.1) is 0 Å². The van der Waals surface area contributed by atoms with Crippen LogP contribution >= 0.6 is 0 Å². The number of nitrogens with one attached hydrogen (secondary N) is 2. The molecule has 0 spiro atoms. The van der Waals surface area contributed by atoms with Crippen LogP contribution < -0.4 is 10.6 Å². The first-order chi connectivity index (χ1) is 11.8. The number of carbonyl (C=O) groups excluding carboxylic acids is 3. The van der Waals surface area contributed by atoms with Crippen LogP contribution in [0.15, 0.2) is 24.3 Å². The number of benzene rings is 1. The van der Waals surface area contributed by atoms with Gasteiger partial charge in [-0.05, 0) is 12.1 Å². The molecule has 2 N–H and O–H groups in total. The maximum Gasteiger partial charge on any atom is 0.418 e. The lowest BCUT2D eigenvalue weighted by Gasteiger charge is -2.42. The number of fused-ring (bicyclic) bond motifs is 1. The lowest BCUT2D eigenvalue weighted by Crippen LogP contribution is -2.66. The molecule has 0 saturated carbocycles. The smallest absolute Gasteiger partial charge is 0.345 e. The maximum absolute atomic E-state index is 13.0. The Morgan fingerprint density at radius 3 is 2.64 bits per heavy atom. The van der Waals surface area contributed by atoms with Gasteiger partial charge in [-0.1, -0.05) is 12.1 Å². The molecule has 0 bridgehead atoms. The standard InChI is InChI=1S/C15H15F3N4O3/c16-15(17,18)9-3-1-2-4-10(9)20-14(25)21-5-6-22-11(8-21)13(24)19-7-12(22)23/h1-4,11H,5-8H2,(H,19,24)(H,20,25). The summed E-state index contributed by atoms with van der Waals surface area (Å²) in [5.41, 5.74) is -1.31. The minimum atomic E-state index is -4.60. The molecular weight excluding hydrogens is 341 g/mol. The Bertz CT molecular complexity index is 722. The number of nitrogens with zero attached hydrogens (tertiary/aromatic N) is 2. The second-order valence-electron chi connectivity index (χ2n) is 5.74. The molecule has 1 unspecified atom stereocenters. The van der Waals surface area contributed by atoms with Crippen LogP contribution in [0.4, 0.5) is 23.7 Å². The summed E-state index contributed by atoms with van der Waals surface area (Å²) in [6.45, 7) is 0.138. The highest BCUT2D eigenvalue weighted by Gasteiger charge is 2.40. The van der Waals surface area contributed by atoms with Gasteiger partial charge in [0.2, 0.25) is 11.8 Å². The predicted molar refractivity (Wildman–Crippen MR) is 80.5 cm³/mol. The van der Waals surface area contributed by atoms with Crippen molar-refractivity contribution >= 4 is 23.5 Å². The molecule has 0 radical (unpaired) electrons. The Hall–Kier alpha value is -2.78. The largest absolute Gasteiger partial charge is 0.418 e. The highest BCUT2D eigenvalue weighted by Crippen LogP contribution is 2.34. The SMILES string of the molecule is O=C1NCC(=O)N2CCN(C(=O)Nc3ccccc3C(F)(F)F)CC12. The number of amides is 4. The van der Waals surface area contributed by atoms with Gasteiger partial charge in [-0.25, -0.2) is 4.79 Å². The Kier molecular flexibility index (Phi) is 4.27. The van der Waals surface area contributed by atoms with Crippen LogP contribution in [0.3, 0.4) is 0 Å². The van der Waals surface area contributed by atoms with E-state index in [1.165, 1.54) is 21.9 Å². The summed E-state index contributed by atoms with van der Waals surface area (Å²) in [4.78, 5) is 38.6. The number of halogens is 3. The molecular formula is C15H15F3N4O3. The fraction of sp³-hybridized carbons (Fsp3) is 0.400. The molecule has 2 fully saturated rings. The average Bonchev–Trinajstić information content (AvgIpc) is 2.57. The van der Waals surface area contributed by atoms with E-state index >= 15 is 0 Å². The first-order valence-electron chi connectivity index (χ1n) is 7.56. The van der Waals surface area contributed by atoms with Crippen molar-refractivity contribution in [3.05, 3.63) is 29.8 Å². The number of rotatable bonds is 1. The second kappa shape index (κ2) is 6.26. The maximum atomic E-state index is 13.0. The summed E-state index contributed by atoms with van der Waals surface area (Å²) < 4.78 is 39.0. The third-order valence-corrected chi connectivity index (χ3v) is 4.18. The molecule has 134 valence electrons. The molecule has 25 heavy (non-hydrogen) atoms. The number of alkyl halides is 3. The lowest BCUT2D eigenvalue weighted by molar-refractivity contribution is -0.148. The van der Waals surface area contributed by atoms with Crippen molar-refractivity contribution in [2.24, 2.45) is 0 Å². The number of carbonyl (C=O) groups is 3. The third-order valence-electron chi connectivity index (χ3n) is 4.18. The quantitative estimate of drug-likeness (QED) is 0.784. The van der Waals surface area contributed by atoms with Crippen LogP contribution in [0.25, 0.3) is 0 Å². The Balaban J connectivity index is 1.73. The van der Waals surface area contributed by atoms with Crippen LogP contribution in [-0.4, -0.2) is 59.9 Å². The molecule has 2 aliphatic rings. The van der Waals surface area contributed by atoms with Crippen LogP contribution in [0.5, 0.6) is 0 Å². The van der Waals surface area contributed by atoms with Crippen LogP contribution in [0.1, 0.15) is 5.56 Å². The monoisotopic (exact) mass is 356 g/mol. The fourth-order valence-corrected chi connectivity index (χ4v) is 2.91. The van der Waals surface area contributed by atoms with Crippen molar-refractivity contribution in [1.82, 2.24) is 15.1 Å². The van der Waals surface area contributed by atoms with Crippen molar-refractivity contribution in [2.45, 2.75) is 12.2 Å². The van der Waals surface area contributed by atoms with E-state index in [4.69, 9.17) is 0 Å². The Morgan fingerprint density at radius 2 is 1.92 bits per heavy atom. The molecule has 7 nitrogen and oxygen atoms in total. The molecule has 0 aromatic heterocycles. The van der Waals surface area contributed by atoms with Crippen LogP contribution in [0, 0.1) is 0 Å². The zero-order valence-electron chi connectivity index (χ0n) is 13.0. The number of urea groups is 1. The topological polar surface area (TPSA) is 81.8 Å². The molecule has 0 aliphatic carbocycles. The zero-order chi connectivity index (χ0) is 18.2. The highest BCUT2D eigenvalue weighted by molar-refractivity contribution is 5.96. The van der Waals surface area contributed by atoms with E-state index in [-0.39, 0.29) is 43.7 Å². The van der Waals surface area contributed by atoms with E-state index in [9.17, 15) is 27.6 Å². The van der Waals surface area contributed by atoms with Crippen molar-refractivity contribution in [1.29, 1.82) is 0 Å². The van der Waals surface area contributed by atoms with Gasteiger partial charge in [0.1, 0.15) is 6.04 Å². The van der Waals surface area contributed by atoms with Crippen molar-refractivity contribution in [3.63, 3.8) is 0 Å². The number of anilines is 1. The molecule has 10 heteroatoms. The first-order valence-corrected chi connectivity index (χ1v) is 7.56. The van der Waals surface area contributed by atoms with E-state index in [2.05, 4.69) is 10.6 Å². The first kappa shape index (κ1) is 17.1. The summed E-state index contributed by atoms with van der Waals surface area (Å²) in [5, 5.41) is 4.67. The fourth-order valence-electron chi connectivity index (χ4n) is 2.91. The molecule has 1 aromatic rings. The van der Waals surface area contributed by atoms with E-state index in [0.29, 0.717) is 0 Å². The molecule has 2 heterocycles. The number of para-hydroxylation sites is 1. The van der Waals surface area contributed by atoms with Gasteiger partial charge in [0, 0.05) is 13.1 Å². The van der Waals surface area contributed by atoms with Crippen molar-refractivity contribution in [3.8, 4) is 0 Å². The van der Waals surface area contributed by atoms with Gasteiger partial charge < -0.3 is 20.4 Å². The Morgan fingerprint density at radius 1 is 1.20 bits per heavy atom. The number of hydrogen-bond acceptors (Lipinski definition) is 3. The number of hydrogen-bond donors (Lipinski definition) is 2.